The Morgan fingerprint density at radius 3 is 2.50 bits per heavy atom. The Morgan fingerprint density at radius 1 is 1.28 bits per heavy atom. The fraction of sp³-hybridized carbons (Fsp3) is 0.385. The quantitative estimate of drug-likeness (QED) is 0.584. The van der Waals surface area contributed by atoms with Crippen molar-refractivity contribution in [3.8, 4) is 12.3 Å². The standard InChI is InChI=1S/C13H18N2O2S/c1-3-5-6-11-14-12-7-9-13(10-8-12)18(16,17)15-4-2/h1,7-10,14-15H,4-6,11H2,2H3. The molecule has 0 atom stereocenters. The van der Waals surface area contributed by atoms with Crippen LogP contribution in [0.15, 0.2) is 29.2 Å². The average molecular weight is 266 g/mol. The Kier molecular flexibility index (Phi) is 5.69. The molecule has 0 radical (unpaired) electrons. The second-order valence-corrected chi connectivity index (χ2v) is 5.53. The maximum atomic E-state index is 11.7. The molecule has 98 valence electrons. The number of anilines is 1. The molecule has 0 fully saturated rings. The van der Waals surface area contributed by atoms with Crippen LogP contribution in [0, 0.1) is 12.3 Å². The van der Waals surface area contributed by atoms with Crippen molar-refractivity contribution in [2.45, 2.75) is 24.7 Å². The van der Waals surface area contributed by atoms with Crippen molar-refractivity contribution in [3.05, 3.63) is 24.3 Å². The Morgan fingerprint density at radius 2 is 1.94 bits per heavy atom. The topological polar surface area (TPSA) is 58.2 Å². The van der Waals surface area contributed by atoms with Gasteiger partial charge in [-0.25, -0.2) is 13.1 Å². The maximum absolute atomic E-state index is 11.7. The third-order valence-electron chi connectivity index (χ3n) is 2.33. The summed E-state index contributed by atoms with van der Waals surface area (Å²) in [6.45, 7) is 2.91. The van der Waals surface area contributed by atoms with Crippen LogP contribution in [0.5, 0.6) is 0 Å². The lowest BCUT2D eigenvalue weighted by molar-refractivity contribution is 0.584. The van der Waals surface area contributed by atoms with E-state index < -0.39 is 10.0 Å². The minimum atomic E-state index is -3.36. The molecule has 0 bridgehead atoms. The highest BCUT2D eigenvalue weighted by atomic mass is 32.2. The number of unbranched alkanes of at least 4 members (excludes halogenated alkanes) is 1. The van der Waals surface area contributed by atoms with Crippen molar-refractivity contribution in [1.82, 2.24) is 4.72 Å². The molecule has 0 aliphatic carbocycles. The molecule has 18 heavy (non-hydrogen) atoms. The summed E-state index contributed by atoms with van der Waals surface area (Å²) >= 11 is 0. The summed E-state index contributed by atoms with van der Waals surface area (Å²) in [7, 11) is -3.36. The monoisotopic (exact) mass is 266 g/mol. The Hall–Kier alpha value is -1.51. The van der Waals surface area contributed by atoms with E-state index in [1.165, 1.54) is 0 Å². The second-order valence-electron chi connectivity index (χ2n) is 3.76. The van der Waals surface area contributed by atoms with Crippen LogP contribution < -0.4 is 10.0 Å². The van der Waals surface area contributed by atoms with E-state index in [1.807, 2.05) is 0 Å². The fourth-order valence-electron chi connectivity index (χ4n) is 1.45. The molecule has 5 heteroatoms. The van der Waals surface area contributed by atoms with E-state index in [2.05, 4.69) is 16.0 Å². The average Bonchev–Trinajstić information content (AvgIpc) is 2.35. The van der Waals surface area contributed by atoms with E-state index in [4.69, 9.17) is 6.42 Å². The van der Waals surface area contributed by atoms with Gasteiger partial charge in [-0.2, -0.15) is 0 Å². The van der Waals surface area contributed by atoms with E-state index in [9.17, 15) is 8.42 Å². The van der Waals surface area contributed by atoms with Crippen molar-refractivity contribution in [2.24, 2.45) is 0 Å². The third-order valence-corrected chi connectivity index (χ3v) is 3.89. The van der Waals surface area contributed by atoms with Crippen LogP contribution in [0.3, 0.4) is 0 Å². The summed E-state index contributed by atoms with van der Waals surface area (Å²) in [5.41, 5.74) is 0.891. The van der Waals surface area contributed by atoms with Crippen LogP contribution in [0.25, 0.3) is 0 Å². The van der Waals surface area contributed by atoms with E-state index >= 15 is 0 Å². The van der Waals surface area contributed by atoms with Gasteiger partial charge in [-0.05, 0) is 30.7 Å². The Labute approximate surface area is 109 Å². The number of rotatable bonds is 7. The van der Waals surface area contributed by atoms with Crippen molar-refractivity contribution in [1.29, 1.82) is 0 Å². The lowest BCUT2D eigenvalue weighted by Gasteiger charge is -2.07. The molecule has 1 aromatic carbocycles. The van der Waals surface area contributed by atoms with E-state index in [0.29, 0.717) is 6.54 Å². The van der Waals surface area contributed by atoms with Crippen LogP contribution in [-0.4, -0.2) is 21.5 Å². The number of benzene rings is 1. The highest BCUT2D eigenvalue weighted by molar-refractivity contribution is 7.89. The predicted molar refractivity (Wildman–Crippen MR) is 73.9 cm³/mol. The minimum Gasteiger partial charge on any atom is -0.385 e. The molecule has 0 saturated carbocycles. The SMILES string of the molecule is C#CCCCNc1ccc(S(=O)(=O)NCC)cc1. The molecule has 1 aromatic rings. The van der Waals surface area contributed by atoms with Crippen molar-refractivity contribution in [3.63, 3.8) is 0 Å². The zero-order valence-electron chi connectivity index (χ0n) is 10.4. The highest BCUT2D eigenvalue weighted by Gasteiger charge is 2.11. The number of hydrogen-bond donors (Lipinski definition) is 2. The summed E-state index contributed by atoms with van der Waals surface area (Å²) in [5, 5.41) is 3.18. The number of hydrogen-bond acceptors (Lipinski definition) is 3. The molecule has 2 N–H and O–H groups in total. The predicted octanol–water partition coefficient (Wildman–Crippen LogP) is 1.81. The molecule has 0 aliphatic rings. The van der Waals surface area contributed by atoms with Gasteiger partial charge in [0.25, 0.3) is 0 Å². The third kappa shape index (κ3) is 4.40. The second kappa shape index (κ2) is 7.04. The molecule has 0 aromatic heterocycles. The lowest BCUT2D eigenvalue weighted by atomic mass is 10.3. The summed E-state index contributed by atoms with van der Waals surface area (Å²) in [4.78, 5) is 0.276. The lowest BCUT2D eigenvalue weighted by Crippen LogP contribution is -2.23. The van der Waals surface area contributed by atoms with Crippen molar-refractivity contribution in [2.75, 3.05) is 18.4 Å². The number of nitrogens with one attached hydrogen (secondary N) is 2. The summed E-state index contributed by atoms with van der Waals surface area (Å²) in [6, 6.07) is 6.67. The van der Waals surface area contributed by atoms with Gasteiger partial charge in [0.1, 0.15) is 0 Å². The first kappa shape index (κ1) is 14.6. The summed E-state index contributed by atoms with van der Waals surface area (Å²) in [5.74, 6) is 2.57. The summed E-state index contributed by atoms with van der Waals surface area (Å²) < 4.78 is 25.8. The molecule has 0 aliphatic heterocycles. The molecule has 0 unspecified atom stereocenters. The highest BCUT2D eigenvalue weighted by Crippen LogP contribution is 2.13. The molecule has 0 heterocycles. The van der Waals surface area contributed by atoms with Crippen LogP contribution in [0.4, 0.5) is 5.69 Å². The zero-order chi connectivity index (χ0) is 13.4. The van der Waals surface area contributed by atoms with E-state index in [-0.39, 0.29) is 4.90 Å². The van der Waals surface area contributed by atoms with Gasteiger partial charge in [0.05, 0.1) is 4.90 Å². The Bertz CT molecular complexity index is 501. The number of sulfonamides is 1. The van der Waals surface area contributed by atoms with Gasteiger partial charge in [0.2, 0.25) is 10.0 Å². The molecule has 0 amide bonds. The molecule has 4 nitrogen and oxygen atoms in total. The zero-order valence-corrected chi connectivity index (χ0v) is 11.3. The molecular weight excluding hydrogens is 248 g/mol. The van der Waals surface area contributed by atoms with Crippen LogP contribution in [0.1, 0.15) is 19.8 Å². The van der Waals surface area contributed by atoms with E-state index in [0.717, 1.165) is 25.1 Å². The largest absolute Gasteiger partial charge is 0.385 e. The fourth-order valence-corrected chi connectivity index (χ4v) is 2.49. The van der Waals surface area contributed by atoms with Gasteiger partial charge < -0.3 is 5.32 Å². The van der Waals surface area contributed by atoms with Gasteiger partial charge in [-0.3, -0.25) is 0 Å². The van der Waals surface area contributed by atoms with Crippen LogP contribution >= 0.6 is 0 Å². The van der Waals surface area contributed by atoms with E-state index in [1.54, 1.807) is 31.2 Å². The Balaban J connectivity index is 2.61. The molecule has 1 rings (SSSR count). The number of terminal acetylenes is 1. The van der Waals surface area contributed by atoms with Crippen molar-refractivity contribution < 1.29 is 8.42 Å². The normalized spacial score (nSPS) is 10.9. The van der Waals surface area contributed by atoms with Gasteiger partial charge in [0.15, 0.2) is 0 Å². The first-order chi connectivity index (χ1) is 8.60. The van der Waals surface area contributed by atoms with Crippen molar-refractivity contribution >= 4 is 15.7 Å². The smallest absolute Gasteiger partial charge is 0.240 e. The maximum Gasteiger partial charge on any atom is 0.240 e. The van der Waals surface area contributed by atoms with Gasteiger partial charge in [0, 0.05) is 25.2 Å². The van der Waals surface area contributed by atoms with Gasteiger partial charge >= 0.3 is 0 Å². The van der Waals surface area contributed by atoms with Gasteiger partial charge in [-0.1, -0.05) is 6.92 Å². The first-order valence-electron chi connectivity index (χ1n) is 5.87. The van der Waals surface area contributed by atoms with Gasteiger partial charge in [-0.15, -0.1) is 12.3 Å². The molecular formula is C13H18N2O2S. The minimum absolute atomic E-state index is 0.276. The first-order valence-corrected chi connectivity index (χ1v) is 7.35. The van der Waals surface area contributed by atoms with Crippen LogP contribution in [-0.2, 0) is 10.0 Å². The molecule has 0 saturated heterocycles. The molecule has 0 spiro atoms. The van der Waals surface area contributed by atoms with Crippen LogP contribution in [0.2, 0.25) is 0 Å². The summed E-state index contributed by atoms with van der Waals surface area (Å²) in [6.07, 6.45) is 6.79.